The molecule has 1 saturated carbocycles. The molecule has 33 heavy (non-hydrogen) atoms. The summed E-state index contributed by atoms with van der Waals surface area (Å²) in [6, 6.07) is 2.39. The van der Waals surface area contributed by atoms with E-state index in [1.54, 1.807) is 0 Å². The summed E-state index contributed by atoms with van der Waals surface area (Å²) in [6.45, 7) is 1.33. The number of primary amides is 1. The number of amides is 1. The maximum absolute atomic E-state index is 13.6. The van der Waals surface area contributed by atoms with Crippen LogP contribution >= 0.6 is 0 Å². The van der Waals surface area contributed by atoms with E-state index in [1.807, 2.05) is 0 Å². The number of rotatable bonds is 3. The molecule has 0 aliphatic heterocycles. The molecule has 0 saturated heterocycles. The molecule has 1 aromatic carbocycles. The van der Waals surface area contributed by atoms with E-state index in [-0.39, 0.29) is 11.1 Å². The summed E-state index contributed by atoms with van der Waals surface area (Å²) in [6.07, 6.45) is -0.393. The monoisotopic (exact) mass is 459 g/mol. The highest BCUT2D eigenvalue weighted by atomic mass is 16.4. The number of ketones is 2. The Kier molecular flexibility index (Phi) is 4.66. The molecule has 7 N–H and O–H groups in total. The molecule has 0 spiro atoms. The van der Waals surface area contributed by atoms with E-state index in [0.717, 1.165) is 7.05 Å². The summed E-state index contributed by atoms with van der Waals surface area (Å²) < 4.78 is 0. The van der Waals surface area contributed by atoms with Gasteiger partial charge in [-0.05, 0) is 25.0 Å². The highest BCUT2D eigenvalue weighted by molar-refractivity contribution is 6.24. The normalized spacial score (nSPS) is 33.3. The lowest BCUT2D eigenvalue weighted by atomic mass is 9.54. The average molecular weight is 459 g/mol. The first-order chi connectivity index (χ1) is 15.3. The summed E-state index contributed by atoms with van der Waals surface area (Å²) in [5, 5.41) is 58.0. The quantitative estimate of drug-likeness (QED) is 0.197. The van der Waals surface area contributed by atoms with E-state index in [0.29, 0.717) is 5.01 Å². The molecule has 12 heteroatoms. The Balaban J connectivity index is 2.05. The Morgan fingerprint density at radius 2 is 1.85 bits per heavy atom. The van der Waals surface area contributed by atoms with E-state index < -0.39 is 81.4 Å². The van der Waals surface area contributed by atoms with Gasteiger partial charge in [-0.15, -0.1) is 4.91 Å². The zero-order chi connectivity index (χ0) is 24.6. The Morgan fingerprint density at radius 3 is 2.42 bits per heavy atom. The van der Waals surface area contributed by atoms with Gasteiger partial charge in [0.2, 0.25) is 5.78 Å². The Morgan fingerprint density at radius 1 is 1.21 bits per heavy atom. The highest BCUT2D eigenvalue weighted by Crippen LogP contribution is 2.57. The third-order valence-corrected chi connectivity index (χ3v) is 7.00. The predicted molar refractivity (Wildman–Crippen MR) is 110 cm³/mol. The third-order valence-electron chi connectivity index (χ3n) is 7.00. The van der Waals surface area contributed by atoms with Crippen LogP contribution in [-0.4, -0.2) is 66.7 Å². The summed E-state index contributed by atoms with van der Waals surface area (Å²) in [5.74, 6) is -9.15. The van der Waals surface area contributed by atoms with E-state index in [9.17, 15) is 44.8 Å². The number of nitrogens with zero attached hydrogens (tertiary/aromatic N) is 2. The molecule has 174 valence electrons. The summed E-state index contributed by atoms with van der Waals surface area (Å²) >= 11 is 0. The van der Waals surface area contributed by atoms with Gasteiger partial charge in [0.1, 0.15) is 28.9 Å². The minimum absolute atomic E-state index is 0.0881. The first kappa shape index (κ1) is 22.4. The molecule has 0 bridgehead atoms. The fourth-order valence-electron chi connectivity index (χ4n) is 5.39. The van der Waals surface area contributed by atoms with Crippen molar-refractivity contribution in [3.05, 3.63) is 51.1 Å². The minimum Gasteiger partial charge on any atom is -0.508 e. The Labute approximate surface area is 186 Å². The van der Waals surface area contributed by atoms with Gasteiger partial charge in [-0.1, -0.05) is 12.1 Å². The topological polar surface area (TPSA) is 211 Å². The second-order valence-electron chi connectivity index (χ2n) is 8.65. The molecule has 1 fully saturated rings. The number of nitrogens with two attached hydrogens (primary N) is 1. The van der Waals surface area contributed by atoms with Crippen molar-refractivity contribution in [2.45, 2.75) is 30.6 Å². The van der Waals surface area contributed by atoms with E-state index in [1.165, 1.54) is 25.1 Å². The number of carbonyl (C=O) groups is 3. The van der Waals surface area contributed by atoms with Crippen LogP contribution in [0.25, 0.3) is 5.76 Å². The lowest BCUT2D eigenvalue weighted by Gasteiger charge is -2.52. The molecular weight excluding hydrogens is 438 g/mol. The summed E-state index contributed by atoms with van der Waals surface area (Å²) in [7, 11) is 1.08. The molecule has 0 heterocycles. The number of aromatic hydroxyl groups is 1. The van der Waals surface area contributed by atoms with Crippen molar-refractivity contribution in [2.24, 2.45) is 22.9 Å². The number of aliphatic hydroxyl groups excluding tert-OH is 2. The maximum Gasteiger partial charge on any atom is 0.255 e. The van der Waals surface area contributed by atoms with Crippen LogP contribution in [-0.2, 0) is 20.0 Å². The van der Waals surface area contributed by atoms with Crippen LogP contribution in [0, 0.1) is 16.7 Å². The largest absolute Gasteiger partial charge is 0.508 e. The molecule has 1 amide bonds. The molecule has 3 aliphatic rings. The fraction of sp³-hybridized carbons (Fsp3) is 0.381. The molecular formula is C21H21N3O9. The van der Waals surface area contributed by atoms with Gasteiger partial charge < -0.3 is 31.3 Å². The first-order valence-corrected chi connectivity index (χ1v) is 9.91. The summed E-state index contributed by atoms with van der Waals surface area (Å²) in [5.41, 5.74) is -1.36. The molecule has 1 aromatic rings. The van der Waals surface area contributed by atoms with Gasteiger partial charge in [-0.3, -0.25) is 19.4 Å². The Hall–Kier alpha value is -3.77. The van der Waals surface area contributed by atoms with Gasteiger partial charge in [0.15, 0.2) is 11.4 Å². The number of aliphatic hydroxyl groups is 4. The number of likely N-dealkylation sites (N-methyl/N-ethyl adjacent to an activating group) is 1. The molecule has 12 nitrogen and oxygen atoms in total. The number of phenols is 1. The zero-order valence-electron chi connectivity index (χ0n) is 17.5. The number of carbonyl (C=O) groups excluding carboxylic acids is 3. The van der Waals surface area contributed by atoms with Crippen LogP contribution in [0.15, 0.2) is 40.4 Å². The average Bonchev–Trinajstić information content (AvgIpc) is 2.74. The molecule has 5 atom stereocenters. The summed E-state index contributed by atoms with van der Waals surface area (Å²) in [4.78, 5) is 49.8. The number of hydrogen-bond acceptors (Lipinski definition) is 10. The van der Waals surface area contributed by atoms with Gasteiger partial charge in [0, 0.05) is 24.5 Å². The number of phenolic OH excluding ortho intramolecular Hbond substituents is 1. The molecule has 4 rings (SSSR count). The van der Waals surface area contributed by atoms with Crippen molar-refractivity contribution in [1.82, 2.24) is 5.01 Å². The van der Waals surface area contributed by atoms with Gasteiger partial charge in [-0.2, -0.15) is 0 Å². The smallest absolute Gasteiger partial charge is 0.255 e. The van der Waals surface area contributed by atoms with Crippen LogP contribution in [0.4, 0.5) is 0 Å². The lowest BCUT2D eigenvalue weighted by molar-refractivity contribution is -0.159. The van der Waals surface area contributed by atoms with E-state index in [4.69, 9.17) is 5.73 Å². The SMILES string of the molecule is CN(N=O)[C@@H]1C(=O)C(C(N)=O)=C(O)[C@@]2(O)C(=O)C3=C(O)c4c(O)cccc4[C@@](C)(O)C3CC12. The molecule has 2 unspecified atom stereocenters. The third kappa shape index (κ3) is 2.61. The van der Waals surface area contributed by atoms with Crippen molar-refractivity contribution >= 4 is 23.2 Å². The lowest BCUT2D eigenvalue weighted by Crippen LogP contribution is -2.66. The van der Waals surface area contributed by atoms with Gasteiger partial charge in [0.25, 0.3) is 5.91 Å². The first-order valence-electron chi connectivity index (χ1n) is 9.91. The minimum atomic E-state index is -2.94. The molecule has 3 aliphatic carbocycles. The van der Waals surface area contributed by atoms with Crippen molar-refractivity contribution in [3.8, 4) is 5.75 Å². The van der Waals surface area contributed by atoms with Gasteiger partial charge >= 0.3 is 0 Å². The molecule has 0 radical (unpaired) electrons. The van der Waals surface area contributed by atoms with Crippen LogP contribution in [0.2, 0.25) is 0 Å². The number of Topliss-reactive ketones (excluding diaryl/α,β-unsaturated/α-hetero) is 2. The van der Waals surface area contributed by atoms with Crippen molar-refractivity contribution in [2.75, 3.05) is 7.05 Å². The zero-order valence-corrected chi connectivity index (χ0v) is 17.5. The van der Waals surface area contributed by atoms with Crippen molar-refractivity contribution in [1.29, 1.82) is 0 Å². The van der Waals surface area contributed by atoms with Crippen molar-refractivity contribution in [3.63, 3.8) is 0 Å². The number of nitroso groups, excluding NO2 is 1. The Bertz CT molecular complexity index is 1200. The predicted octanol–water partition coefficient (Wildman–Crippen LogP) is -0.319. The number of hydrogen-bond donors (Lipinski definition) is 6. The van der Waals surface area contributed by atoms with E-state index in [2.05, 4.69) is 5.29 Å². The second-order valence-corrected chi connectivity index (χ2v) is 8.65. The number of benzene rings is 1. The van der Waals surface area contributed by atoms with Crippen LogP contribution in [0.5, 0.6) is 5.75 Å². The van der Waals surface area contributed by atoms with E-state index >= 15 is 0 Å². The van der Waals surface area contributed by atoms with Gasteiger partial charge in [-0.25, -0.2) is 0 Å². The van der Waals surface area contributed by atoms with Crippen LogP contribution in [0.1, 0.15) is 24.5 Å². The standard InChI is InChI=1S/C21H21N3O9/c1-20(31)7-4-3-5-10(25)11(7)15(26)12-8(20)6-9-14(24(2)23-33)16(27)13(19(22)30)18(29)21(9,32)17(12)28/h3-5,8-9,14,25-26,29,31-32H,6H2,1-2H3,(H2,22,30)/t8?,9?,14-,20+,21-/m0/s1. The second kappa shape index (κ2) is 6.86. The number of fused-ring (bicyclic) bond motifs is 3. The van der Waals surface area contributed by atoms with Gasteiger partial charge in [0.05, 0.1) is 16.5 Å². The maximum atomic E-state index is 13.6. The molecule has 0 aromatic heterocycles. The van der Waals surface area contributed by atoms with Crippen LogP contribution in [0.3, 0.4) is 0 Å². The fourth-order valence-corrected chi connectivity index (χ4v) is 5.39. The van der Waals surface area contributed by atoms with Crippen LogP contribution < -0.4 is 5.73 Å². The highest BCUT2D eigenvalue weighted by Gasteiger charge is 2.67. The van der Waals surface area contributed by atoms with Crippen molar-refractivity contribution < 1.29 is 39.9 Å².